The van der Waals surface area contributed by atoms with Crippen LogP contribution in [0.2, 0.25) is 0 Å². The van der Waals surface area contributed by atoms with Gasteiger partial charge in [0, 0.05) is 6.42 Å². The maximum atomic E-state index is 10.5. The number of hydrogen-bond acceptors (Lipinski definition) is 2. The average molecular weight is 136 g/mol. The van der Waals surface area contributed by atoms with Crippen LogP contribution in [0.25, 0.3) is 0 Å². The summed E-state index contributed by atoms with van der Waals surface area (Å²) in [6.07, 6.45) is 4.54. The number of carbonyl (C=O) groups is 1. The molecule has 0 atom stereocenters. The van der Waals surface area contributed by atoms with Crippen molar-refractivity contribution < 1.29 is 9.53 Å². The minimum Gasteiger partial charge on any atom is -0.431 e. The fourth-order valence-corrected chi connectivity index (χ4v) is 0.743. The van der Waals surface area contributed by atoms with Crippen molar-refractivity contribution in [2.75, 3.05) is 0 Å². The molecule has 0 N–H and O–H groups in total. The molecule has 10 heavy (non-hydrogen) atoms. The number of esters is 1. The van der Waals surface area contributed by atoms with Crippen molar-refractivity contribution in [2.45, 2.75) is 12.8 Å². The molecule has 52 valence electrons. The molecule has 1 aliphatic heterocycles. The second-order valence-corrected chi connectivity index (χ2v) is 1.98. The standard InChI is InChI=1S/C8H8O2/c1-2-3-4-7-5-6-8(9)10-7/h3-4H,1,5-6H2/b7-4+. The van der Waals surface area contributed by atoms with Gasteiger partial charge in [-0.15, -0.1) is 5.73 Å². The topological polar surface area (TPSA) is 26.3 Å². The van der Waals surface area contributed by atoms with Gasteiger partial charge in [-0.3, -0.25) is 4.79 Å². The third-order valence-electron chi connectivity index (χ3n) is 1.21. The van der Waals surface area contributed by atoms with Crippen molar-refractivity contribution in [3.63, 3.8) is 0 Å². The van der Waals surface area contributed by atoms with Crippen LogP contribution in [-0.2, 0) is 9.53 Å². The lowest BCUT2D eigenvalue weighted by Gasteiger charge is -1.89. The lowest BCUT2D eigenvalue weighted by Crippen LogP contribution is -1.88. The lowest BCUT2D eigenvalue weighted by atomic mass is 10.3. The Morgan fingerprint density at radius 1 is 1.60 bits per heavy atom. The van der Waals surface area contributed by atoms with Gasteiger partial charge in [0.15, 0.2) is 0 Å². The molecular formula is C8H8O2. The molecule has 0 aromatic rings. The molecule has 1 saturated heterocycles. The van der Waals surface area contributed by atoms with Crippen LogP contribution in [0.3, 0.4) is 0 Å². The van der Waals surface area contributed by atoms with Gasteiger partial charge < -0.3 is 4.74 Å². The summed E-state index contributed by atoms with van der Waals surface area (Å²) in [6.45, 7) is 3.38. The number of carbonyl (C=O) groups excluding carboxylic acids is 1. The first-order valence-corrected chi connectivity index (χ1v) is 3.08. The normalized spacial score (nSPS) is 20.4. The Balaban J connectivity index is 2.59. The predicted octanol–water partition coefficient (Wildman–Crippen LogP) is 1.55. The Labute approximate surface area is 59.5 Å². The highest BCUT2D eigenvalue weighted by Gasteiger charge is 2.15. The fraction of sp³-hybridized carbons (Fsp3) is 0.250. The molecular weight excluding hydrogens is 128 g/mol. The number of rotatable bonds is 1. The smallest absolute Gasteiger partial charge is 0.311 e. The molecule has 1 rings (SSSR count). The first-order valence-electron chi connectivity index (χ1n) is 3.08. The monoisotopic (exact) mass is 136 g/mol. The Hall–Kier alpha value is -1.27. The second kappa shape index (κ2) is 3.04. The fourth-order valence-electron chi connectivity index (χ4n) is 0.743. The first kappa shape index (κ1) is 6.84. The molecule has 0 spiro atoms. The van der Waals surface area contributed by atoms with Crippen LogP contribution in [0.4, 0.5) is 0 Å². The molecule has 0 aromatic heterocycles. The summed E-state index contributed by atoms with van der Waals surface area (Å²) >= 11 is 0. The van der Waals surface area contributed by atoms with E-state index in [9.17, 15) is 4.79 Å². The van der Waals surface area contributed by atoms with Crippen LogP contribution in [0.15, 0.2) is 30.2 Å². The van der Waals surface area contributed by atoms with Crippen molar-refractivity contribution in [3.05, 3.63) is 30.2 Å². The van der Waals surface area contributed by atoms with Crippen LogP contribution in [0.1, 0.15) is 12.8 Å². The Morgan fingerprint density at radius 3 is 2.90 bits per heavy atom. The van der Waals surface area contributed by atoms with Gasteiger partial charge >= 0.3 is 5.97 Å². The lowest BCUT2D eigenvalue weighted by molar-refractivity contribution is -0.135. The molecule has 0 unspecified atom stereocenters. The van der Waals surface area contributed by atoms with E-state index in [1.165, 1.54) is 0 Å². The molecule has 1 aliphatic rings. The third-order valence-corrected chi connectivity index (χ3v) is 1.21. The van der Waals surface area contributed by atoms with Gasteiger partial charge in [0.1, 0.15) is 5.76 Å². The second-order valence-electron chi connectivity index (χ2n) is 1.98. The van der Waals surface area contributed by atoms with Crippen molar-refractivity contribution in [3.8, 4) is 0 Å². The molecule has 0 radical (unpaired) electrons. The van der Waals surface area contributed by atoms with Gasteiger partial charge in [0.25, 0.3) is 0 Å². The number of hydrogen-bond donors (Lipinski definition) is 0. The van der Waals surface area contributed by atoms with E-state index < -0.39 is 0 Å². The first-order chi connectivity index (χ1) is 4.83. The SMILES string of the molecule is C=C=C/C=C1\CCC(=O)O1. The van der Waals surface area contributed by atoms with Gasteiger partial charge in [0.05, 0.1) is 6.42 Å². The van der Waals surface area contributed by atoms with E-state index in [1.54, 1.807) is 12.2 Å². The van der Waals surface area contributed by atoms with Crippen molar-refractivity contribution in [1.29, 1.82) is 0 Å². The summed E-state index contributed by atoms with van der Waals surface area (Å²) in [7, 11) is 0. The maximum Gasteiger partial charge on any atom is 0.311 e. The summed E-state index contributed by atoms with van der Waals surface area (Å²) in [5, 5.41) is 0. The Bertz CT molecular complexity index is 219. The zero-order valence-electron chi connectivity index (χ0n) is 5.59. The molecule has 0 bridgehead atoms. The molecule has 1 fully saturated rings. The van der Waals surface area contributed by atoms with E-state index in [2.05, 4.69) is 12.3 Å². The summed E-state index contributed by atoms with van der Waals surface area (Å²) in [5.74, 6) is 0.560. The number of ether oxygens (including phenoxy) is 1. The highest BCUT2D eigenvalue weighted by atomic mass is 16.5. The van der Waals surface area contributed by atoms with E-state index in [1.807, 2.05) is 0 Å². The van der Waals surface area contributed by atoms with Gasteiger partial charge in [0.2, 0.25) is 0 Å². The maximum absolute atomic E-state index is 10.5. The van der Waals surface area contributed by atoms with Gasteiger partial charge in [-0.05, 0) is 12.2 Å². The molecule has 0 saturated carbocycles. The summed E-state index contributed by atoms with van der Waals surface area (Å²) in [5.41, 5.74) is 2.57. The van der Waals surface area contributed by atoms with Crippen LogP contribution in [0, 0.1) is 0 Å². The minimum absolute atomic E-state index is 0.149. The van der Waals surface area contributed by atoms with Gasteiger partial charge in [-0.2, -0.15) is 0 Å². The number of allylic oxidation sites excluding steroid dienone is 3. The Kier molecular flexibility index (Phi) is 2.08. The van der Waals surface area contributed by atoms with Gasteiger partial charge in [-0.1, -0.05) is 6.58 Å². The van der Waals surface area contributed by atoms with Crippen LogP contribution in [0.5, 0.6) is 0 Å². The average Bonchev–Trinajstić information content (AvgIpc) is 2.31. The quantitative estimate of drug-likeness (QED) is 0.404. The third kappa shape index (κ3) is 1.61. The molecule has 2 nitrogen and oxygen atoms in total. The van der Waals surface area contributed by atoms with Crippen molar-refractivity contribution in [1.82, 2.24) is 0 Å². The van der Waals surface area contributed by atoms with Crippen LogP contribution in [-0.4, -0.2) is 5.97 Å². The van der Waals surface area contributed by atoms with Crippen molar-refractivity contribution in [2.24, 2.45) is 0 Å². The minimum atomic E-state index is -0.149. The Morgan fingerprint density at radius 2 is 2.40 bits per heavy atom. The largest absolute Gasteiger partial charge is 0.431 e. The summed E-state index contributed by atoms with van der Waals surface area (Å²) < 4.78 is 4.79. The highest BCUT2D eigenvalue weighted by molar-refractivity contribution is 5.73. The van der Waals surface area contributed by atoms with Crippen LogP contribution >= 0.6 is 0 Å². The highest BCUT2D eigenvalue weighted by Crippen LogP contribution is 2.16. The van der Waals surface area contributed by atoms with E-state index in [0.29, 0.717) is 18.6 Å². The van der Waals surface area contributed by atoms with Crippen molar-refractivity contribution >= 4 is 5.97 Å². The van der Waals surface area contributed by atoms with E-state index in [0.717, 1.165) is 0 Å². The zero-order valence-corrected chi connectivity index (χ0v) is 5.59. The predicted molar refractivity (Wildman–Crippen MR) is 37.1 cm³/mol. The molecule has 0 aliphatic carbocycles. The molecule has 0 amide bonds. The number of cyclic esters (lactones) is 1. The van der Waals surface area contributed by atoms with E-state index in [4.69, 9.17) is 4.74 Å². The van der Waals surface area contributed by atoms with Gasteiger partial charge in [-0.25, -0.2) is 0 Å². The zero-order chi connectivity index (χ0) is 7.40. The molecule has 0 aromatic carbocycles. The van der Waals surface area contributed by atoms with E-state index in [-0.39, 0.29) is 5.97 Å². The van der Waals surface area contributed by atoms with E-state index >= 15 is 0 Å². The summed E-state index contributed by atoms with van der Waals surface area (Å²) in [6, 6.07) is 0. The summed E-state index contributed by atoms with van der Waals surface area (Å²) in [4.78, 5) is 10.5. The molecule has 1 heterocycles. The van der Waals surface area contributed by atoms with Crippen LogP contribution < -0.4 is 0 Å². The molecule has 2 heteroatoms.